The molecular formula is C10H11N5O2. The average Bonchev–Trinajstić information content (AvgIpc) is 2.78. The van der Waals surface area contributed by atoms with Gasteiger partial charge in [0.2, 0.25) is 5.95 Å². The highest BCUT2D eigenvalue weighted by molar-refractivity contribution is 5.88. The smallest absolute Gasteiger partial charge is 0.356 e. The van der Waals surface area contributed by atoms with E-state index in [0.29, 0.717) is 18.0 Å². The lowest BCUT2D eigenvalue weighted by atomic mass is 10.3. The first kappa shape index (κ1) is 11.1. The standard InChI is InChI=1S/C10H11N5O2/c1-2-17-9(16)8-5-7(14-15-8)6-3-4-12-10(11)13-6/h3-5H,2H2,1H3,(H,14,15)(H2,11,12,13). The van der Waals surface area contributed by atoms with E-state index in [2.05, 4.69) is 20.2 Å². The highest BCUT2D eigenvalue weighted by atomic mass is 16.5. The topological polar surface area (TPSA) is 107 Å². The van der Waals surface area contributed by atoms with Crippen molar-refractivity contribution in [2.45, 2.75) is 6.92 Å². The number of carbonyl (C=O) groups excluding carboxylic acids is 1. The molecule has 2 rings (SSSR count). The number of nitrogens with zero attached hydrogens (tertiary/aromatic N) is 3. The number of aromatic nitrogens is 4. The predicted molar refractivity (Wildman–Crippen MR) is 60.0 cm³/mol. The van der Waals surface area contributed by atoms with Gasteiger partial charge in [0.25, 0.3) is 0 Å². The summed E-state index contributed by atoms with van der Waals surface area (Å²) in [5.41, 5.74) is 6.80. The number of nitrogens with two attached hydrogens (primary N) is 1. The van der Waals surface area contributed by atoms with Gasteiger partial charge < -0.3 is 10.5 Å². The fourth-order valence-corrected chi connectivity index (χ4v) is 1.28. The zero-order chi connectivity index (χ0) is 12.3. The normalized spacial score (nSPS) is 10.2. The zero-order valence-corrected chi connectivity index (χ0v) is 9.17. The third-order valence-corrected chi connectivity index (χ3v) is 2.01. The number of rotatable bonds is 3. The third kappa shape index (κ3) is 2.39. The monoisotopic (exact) mass is 233 g/mol. The van der Waals surface area contributed by atoms with Gasteiger partial charge in [-0.1, -0.05) is 0 Å². The Morgan fingerprint density at radius 3 is 3.06 bits per heavy atom. The van der Waals surface area contributed by atoms with Crippen LogP contribution < -0.4 is 5.73 Å². The van der Waals surface area contributed by atoms with Crippen LogP contribution in [0.25, 0.3) is 11.4 Å². The number of nitrogen functional groups attached to an aromatic ring is 1. The maximum atomic E-state index is 11.4. The van der Waals surface area contributed by atoms with Gasteiger partial charge in [-0.05, 0) is 13.0 Å². The lowest BCUT2D eigenvalue weighted by Crippen LogP contribution is -2.04. The Balaban J connectivity index is 2.27. The minimum Gasteiger partial charge on any atom is -0.461 e. The molecule has 7 heteroatoms. The molecule has 88 valence electrons. The van der Waals surface area contributed by atoms with Crippen LogP contribution in [0.15, 0.2) is 18.3 Å². The van der Waals surface area contributed by atoms with Gasteiger partial charge in [0.1, 0.15) is 11.4 Å². The van der Waals surface area contributed by atoms with Crippen LogP contribution in [-0.2, 0) is 4.74 Å². The first-order valence-corrected chi connectivity index (χ1v) is 5.02. The quantitative estimate of drug-likeness (QED) is 0.753. The molecule has 2 aromatic heterocycles. The zero-order valence-electron chi connectivity index (χ0n) is 9.17. The van der Waals surface area contributed by atoms with Gasteiger partial charge in [0.15, 0.2) is 0 Å². The summed E-state index contributed by atoms with van der Waals surface area (Å²) in [4.78, 5) is 19.2. The summed E-state index contributed by atoms with van der Waals surface area (Å²) in [6.45, 7) is 2.05. The van der Waals surface area contributed by atoms with Gasteiger partial charge in [0, 0.05) is 12.3 Å². The summed E-state index contributed by atoms with van der Waals surface area (Å²) < 4.78 is 4.83. The average molecular weight is 233 g/mol. The fourth-order valence-electron chi connectivity index (χ4n) is 1.28. The van der Waals surface area contributed by atoms with Crippen molar-refractivity contribution in [3.8, 4) is 11.4 Å². The van der Waals surface area contributed by atoms with Crippen LogP contribution in [0.2, 0.25) is 0 Å². The van der Waals surface area contributed by atoms with Crippen LogP contribution in [0, 0.1) is 0 Å². The molecule has 0 unspecified atom stereocenters. The van der Waals surface area contributed by atoms with Gasteiger partial charge in [0.05, 0.1) is 12.3 Å². The molecule has 0 aliphatic heterocycles. The van der Waals surface area contributed by atoms with Gasteiger partial charge in [-0.25, -0.2) is 14.8 Å². The lowest BCUT2D eigenvalue weighted by molar-refractivity contribution is 0.0519. The second-order valence-corrected chi connectivity index (χ2v) is 3.19. The molecule has 0 bridgehead atoms. The Hall–Kier alpha value is -2.44. The number of esters is 1. The molecule has 0 amide bonds. The summed E-state index contributed by atoms with van der Waals surface area (Å²) in [6, 6.07) is 3.21. The van der Waals surface area contributed by atoms with Gasteiger partial charge in [-0.3, -0.25) is 5.10 Å². The summed E-state index contributed by atoms with van der Waals surface area (Å²) in [6.07, 6.45) is 1.52. The molecule has 2 heterocycles. The van der Waals surface area contributed by atoms with E-state index < -0.39 is 5.97 Å². The molecule has 0 radical (unpaired) electrons. The van der Waals surface area contributed by atoms with Gasteiger partial charge in [-0.2, -0.15) is 5.10 Å². The molecule has 0 aliphatic rings. The second-order valence-electron chi connectivity index (χ2n) is 3.19. The lowest BCUT2D eigenvalue weighted by Gasteiger charge is -1.96. The summed E-state index contributed by atoms with van der Waals surface area (Å²) in [5, 5.41) is 6.54. The summed E-state index contributed by atoms with van der Waals surface area (Å²) in [7, 11) is 0. The van der Waals surface area contributed by atoms with Crippen molar-refractivity contribution < 1.29 is 9.53 Å². The highest BCUT2D eigenvalue weighted by Crippen LogP contribution is 2.15. The van der Waals surface area contributed by atoms with E-state index in [4.69, 9.17) is 10.5 Å². The molecule has 0 atom stereocenters. The number of anilines is 1. The minimum atomic E-state index is -0.451. The number of nitrogens with one attached hydrogen (secondary N) is 1. The van der Waals surface area contributed by atoms with Crippen molar-refractivity contribution in [1.82, 2.24) is 20.2 Å². The number of ether oxygens (including phenoxy) is 1. The molecule has 17 heavy (non-hydrogen) atoms. The van der Waals surface area contributed by atoms with E-state index in [1.807, 2.05) is 0 Å². The first-order chi connectivity index (χ1) is 8.20. The summed E-state index contributed by atoms with van der Waals surface area (Å²) in [5.74, 6) is -0.295. The van der Waals surface area contributed by atoms with Crippen molar-refractivity contribution in [1.29, 1.82) is 0 Å². The number of aromatic amines is 1. The SMILES string of the molecule is CCOC(=O)c1cc(-c2ccnc(N)n2)n[nH]1. The van der Waals surface area contributed by atoms with Crippen LogP contribution >= 0.6 is 0 Å². The molecule has 0 saturated heterocycles. The van der Waals surface area contributed by atoms with Crippen molar-refractivity contribution in [2.24, 2.45) is 0 Å². The largest absolute Gasteiger partial charge is 0.461 e. The molecule has 0 aromatic carbocycles. The van der Waals surface area contributed by atoms with Gasteiger partial charge >= 0.3 is 5.97 Å². The van der Waals surface area contributed by atoms with Crippen molar-refractivity contribution >= 4 is 11.9 Å². The number of hydrogen-bond donors (Lipinski definition) is 2. The van der Waals surface area contributed by atoms with Crippen LogP contribution in [0.4, 0.5) is 5.95 Å². The number of H-pyrrole nitrogens is 1. The molecule has 0 saturated carbocycles. The predicted octanol–water partition coefficient (Wildman–Crippen LogP) is 0.626. The maximum Gasteiger partial charge on any atom is 0.356 e. The highest BCUT2D eigenvalue weighted by Gasteiger charge is 2.12. The van der Waals surface area contributed by atoms with Crippen LogP contribution in [0.3, 0.4) is 0 Å². The van der Waals surface area contributed by atoms with E-state index in [-0.39, 0.29) is 11.6 Å². The van der Waals surface area contributed by atoms with Crippen molar-refractivity contribution in [3.63, 3.8) is 0 Å². The molecule has 7 nitrogen and oxygen atoms in total. The van der Waals surface area contributed by atoms with Gasteiger partial charge in [-0.15, -0.1) is 0 Å². The number of hydrogen-bond acceptors (Lipinski definition) is 6. The Morgan fingerprint density at radius 1 is 1.53 bits per heavy atom. The van der Waals surface area contributed by atoms with Crippen LogP contribution in [0.5, 0.6) is 0 Å². The molecule has 0 fully saturated rings. The summed E-state index contributed by atoms with van der Waals surface area (Å²) >= 11 is 0. The molecule has 3 N–H and O–H groups in total. The van der Waals surface area contributed by atoms with E-state index in [1.165, 1.54) is 6.20 Å². The maximum absolute atomic E-state index is 11.4. The van der Waals surface area contributed by atoms with Crippen LogP contribution in [0.1, 0.15) is 17.4 Å². The number of carbonyl (C=O) groups is 1. The van der Waals surface area contributed by atoms with Crippen molar-refractivity contribution in [2.75, 3.05) is 12.3 Å². The van der Waals surface area contributed by atoms with E-state index in [0.717, 1.165) is 0 Å². The molecular weight excluding hydrogens is 222 g/mol. The van der Waals surface area contributed by atoms with Crippen LogP contribution in [-0.4, -0.2) is 32.7 Å². The first-order valence-electron chi connectivity index (χ1n) is 5.02. The van der Waals surface area contributed by atoms with E-state index >= 15 is 0 Å². The molecule has 2 aromatic rings. The Kier molecular flexibility index (Phi) is 2.99. The third-order valence-electron chi connectivity index (χ3n) is 2.01. The Bertz CT molecular complexity index is 537. The van der Waals surface area contributed by atoms with Crippen molar-refractivity contribution in [3.05, 3.63) is 24.0 Å². The minimum absolute atomic E-state index is 0.156. The second kappa shape index (κ2) is 4.60. The molecule has 0 spiro atoms. The Morgan fingerprint density at radius 2 is 2.35 bits per heavy atom. The Labute approximate surface area is 97.0 Å². The van der Waals surface area contributed by atoms with E-state index in [9.17, 15) is 4.79 Å². The fraction of sp³-hybridized carbons (Fsp3) is 0.200. The molecule has 0 aliphatic carbocycles. The van der Waals surface area contributed by atoms with E-state index in [1.54, 1.807) is 19.1 Å².